The van der Waals surface area contributed by atoms with Crippen molar-refractivity contribution in [3.8, 4) is 0 Å². The van der Waals surface area contributed by atoms with Crippen molar-refractivity contribution in [1.82, 2.24) is 4.98 Å². The zero-order valence-electron chi connectivity index (χ0n) is 7.80. The van der Waals surface area contributed by atoms with Crippen molar-refractivity contribution in [2.24, 2.45) is 5.73 Å². The van der Waals surface area contributed by atoms with E-state index in [1.54, 1.807) is 0 Å². The van der Waals surface area contributed by atoms with Gasteiger partial charge in [0.25, 0.3) is 0 Å². The van der Waals surface area contributed by atoms with E-state index in [9.17, 15) is 0 Å². The van der Waals surface area contributed by atoms with Crippen molar-refractivity contribution >= 4 is 0 Å². The standard InChI is InChI=1S/C10H16N2/c1-8-7-12-9(2)6-10(8)4-3-5-11/h6-7H,3-5,11H2,1-2H3. The Kier molecular flexibility index (Phi) is 3.23. The fourth-order valence-corrected chi connectivity index (χ4v) is 1.25. The molecule has 0 radical (unpaired) electrons. The summed E-state index contributed by atoms with van der Waals surface area (Å²) in [5.41, 5.74) is 9.19. The van der Waals surface area contributed by atoms with Crippen LogP contribution in [-0.4, -0.2) is 11.5 Å². The molecule has 12 heavy (non-hydrogen) atoms. The van der Waals surface area contributed by atoms with Crippen LogP contribution in [0.15, 0.2) is 12.3 Å². The zero-order valence-corrected chi connectivity index (χ0v) is 7.80. The molecule has 66 valence electrons. The molecule has 1 aromatic heterocycles. The smallest absolute Gasteiger partial charge is 0.0375 e. The van der Waals surface area contributed by atoms with Crippen molar-refractivity contribution in [3.63, 3.8) is 0 Å². The molecule has 2 N–H and O–H groups in total. The number of hydrogen-bond acceptors (Lipinski definition) is 2. The largest absolute Gasteiger partial charge is 0.330 e. The van der Waals surface area contributed by atoms with Crippen LogP contribution >= 0.6 is 0 Å². The Balaban J connectivity index is 2.75. The first-order valence-electron chi connectivity index (χ1n) is 4.36. The minimum Gasteiger partial charge on any atom is -0.330 e. The molecule has 1 heterocycles. The van der Waals surface area contributed by atoms with Crippen LogP contribution in [0.5, 0.6) is 0 Å². The summed E-state index contributed by atoms with van der Waals surface area (Å²) in [5, 5.41) is 0. The molecule has 0 saturated heterocycles. The topological polar surface area (TPSA) is 38.9 Å². The molecule has 0 aliphatic carbocycles. The van der Waals surface area contributed by atoms with Crippen molar-refractivity contribution in [3.05, 3.63) is 29.1 Å². The average molecular weight is 164 g/mol. The van der Waals surface area contributed by atoms with Gasteiger partial charge in [0.15, 0.2) is 0 Å². The van der Waals surface area contributed by atoms with Gasteiger partial charge in [0.1, 0.15) is 0 Å². The van der Waals surface area contributed by atoms with Gasteiger partial charge >= 0.3 is 0 Å². The highest BCUT2D eigenvalue weighted by atomic mass is 14.7. The van der Waals surface area contributed by atoms with E-state index in [4.69, 9.17) is 5.73 Å². The fraction of sp³-hybridized carbons (Fsp3) is 0.500. The minimum absolute atomic E-state index is 0.765. The van der Waals surface area contributed by atoms with Gasteiger partial charge < -0.3 is 5.73 Å². The Bertz CT molecular complexity index is 256. The maximum Gasteiger partial charge on any atom is 0.0375 e. The van der Waals surface area contributed by atoms with Crippen LogP contribution in [0.4, 0.5) is 0 Å². The first-order chi connectivity index (χ1) is 5.74. The summed E-state index contributed by atoms with van der Waals surface area (Å²) in [4.78, 5) is 4.22. The molecule has 2 heteroatoms. The van der Waals surface area contributed by atoms with Gasteiger partial charge in [-0.2, -0.15) is 0 Å². The summed E-state index contributed by atoms with van der Waals surface area (Å²) < 4.78 is 0. The summed E-state index contributed by atoms with van der Waals surface area (Å²) in [6.07, 6.45) is 4.07. The van der Waals surface area contributed by atoms with Crippen molar-refractivity contribution in [1.29, 1.82) is 0 Å². The van der Waals surface area contributed by atoms with Gasteiger partial charge in [-0.3, -0.25) is 4.98 Å². The lowest BCUT2D eigenvalue weighted by atomic mass is 10.1. The Morgan fingerprint density at radius 1 is 1.42 bits per heavy atom. The molecule has 0 saturated carbocycles. The summed E-state index contributed by atoms with van der Waals surface area (Å²) in [6.45, 7) is 4.88. The zero-order chi connectivity index (χ0) is 8.97. The number of aromatic nitrogens is 1. The second-order valence-corrected chi connectivity index (χ2v) is 3.14. The maximum absolute atomic E-state index is 5.45. The van der Waals surface area contributed by atoms with E-state index < -0.39 is 0 Å². The number of hydrogen-bond donors (Lipinski definition) is 1. The number of nitrogens with two attached hydrogens (primary N) is 1. The summed E-state index contributed by atoms with van der Waals surface area (Å²) in [6, 6.07) is 2.14. The highest BCUT2D eigenvalue weighted by Crippen LogP contribution is 2.09. The molecule has 0 spiro atoms. The molecule has 1 aromatic rings. The van der Waals surface area contributed by atoms with Crippen molar-refractivity contribution in [2.75, 3.05) is 6.54 Å². The predicted octanol–water partition coefficient (Wildman–Crippen LogP) is 1.59. The minimum atomic E-state index is 0.765. The average Bonchev–Trinajstić information content (AvgIpc) is 2.07. The van der Waals surface area contributed by atoms with Crippen LogP contribution in [0.3, 0.4) is 0 Å². The SMILES string of the molecule is Cc1cc(CCCN)c(C)cn1. The van der Waals surface area contributed by atoms with Gasteiger partial charge in [-0.1, -0.05) is 0 Å². The van der Waals surface area contributed by atoms with Gasteiger partial charge in [-0.15, -0.1) is 0 Å². The quantitative estimate of drug-likeness (QED) is 0.736. The van der Waals surface area contributed by atoms with E-state index in [1.165, 1.54) is 11.1 Å². The molecule has 2 nitrogen and oxygen atoms in total. The number of aryl methyl sites for hydroxylation is 3. The van der Waals surface area contributed by atoms with Crippen LogP contribution in [0, 0.1) is 13.8 Å². The molecular weight excluding hydrogens is 148 g/mol. The van der Waals surface area contributed by atoms with Crippen LogP contribution in [-0.2, 0) is 6.42 Å². The molecule has 0 atom stereocenters. The Hall–Kier alpha value is -0.890. The maximum atomic E-state index is 5.45. The van der Waals surface area contributed by atoms with E-state index in [2.05, 4.69) is 18.0 Å². The summed E-state index contributed by atoms with van der Waals surface area (Å²) in [5.74, 6) is 0. The first kappa shape index (κ1) is 9.20. The third-order valence-corrected chi connectivity index (χ3v) is 2.00. The fourth-order valence-electron chi connectivity index (χ4n) is 1.25. The van der Waals surface area contributed by atoms with Gasteiger partial charge in [-0.05, 0) is 50.4 Å². The normalized spacial score (nSPS) is 10.2. The molecule has 1 rings (SSSR count). The lowest BCUT2D eigenvalue weighted by Crippen LogP contribution is -2.02. The monoisotopic (exact) mass is 164 g/mol. The predicted molar refractivity (Wildman–Crippen MR) is 51.1 cm³/mol. The molecule has 0 aliphatic heterocycles. The van der Waals surface area contributed by atoms with Crippen LogP contribution in [0.1, 0.15) is 23.2 Å². The van der Waals surface area contributed by atoms with E-state index in [0.29, 0.717) is 0 Å². The lowest BCUT2D eigenvalue weighted by Gasteiger charge is -2.04. The van der Waals surface area contributed by atoms with Gasteiger partial charge in [0.05, 0.1) is 0 Å². The number of nitrogens with zero attached hydrogens (tertiary/aromatic N) is 1. The van der Waals surface area contributed by atoms with E-state index >= 15 is 0 Å². The third kappa shape index (κ3) is 2.31. The Morgan fingerprint density at radius 3 is 2.83 bits per heavy atom. The lowest BCUT2D eigenvalue weighted by molar-refractivity contribution is 0.824. The summed E-state index contributed by atoms with van der Waals surface area (Å²) >= 11 is 0. The van der Waals surface area contributed by atoms with Gasteiger partial charge in [0, 0.05) is 11.9 Å². The van der Waals surface area contributed by atoms with Crippen molar-refractivity contribution < 1.29 is 0 Å². The van der Waals surface area contributed by atoms with E-state index in [1.807, 2.05) is 13.1 Å². The molecule has 0 aliphatic rings. The number of rotatable bonds is 3. The molecule has 0 unspecified atom stereocenters. The molecule has 0 aromatic carbocycles. The van der Waals surface area contributed by atoms with Crippen molar-refractivity contribution in [2.45, 2.75) is 26.7 Å². The summed E-state index contributed by atoms with van der Waals surface area (Å²) in [7, 11) is 0. The van der Waals surface area contributed by atoms with Crippen LogP contribution in [0.25, 0.3) is 0 Å². The van der Waals surface area contributed by atoms with Crippen LogP contribution < -0.4 is 5.73 Å². The second-order valence-electron chi connectivity index (χ2n) is 3.14. The van der Waals surface area contributed by atoms with Gasteiger partial charge in [-0.25, -0.2) is 0 Å². The second kappa shape index (κ2) is 4.21. The molecule has 0 amide bonds. The van der Waals surface area contributed by atoms with E-state index in [0.717, 1.165) is 25.1 Å². The van der Waals surface area contributed by atoms with Gasteiger partial charge in [0.2, 0.25) is 0 Å². The Morgan fingerprint density at radius 2 is 2.17 bits per heavy atom. The highest BCUT2D eigenvalue weighted by molar-refractivity contribution is 5.24. The van der Waals surface area contributed by atoms with E-state index in [-0.39, 0.29) is 0 Å². The number of pyridine rings is 1. The molecule has 0 bridgehead atoms. The first-order valence-corrected chi connectivity index (χ1v) is 4.36. The third-order valence-electron chi connectivity index (χ3n) is 2.00. The van der Waals surface area contributed by atoms with Crippen LogP contribution in [0.2, 0.25) is 0 Å². The highest BCUT2D eigenvalue weighted by Gasteiger charge is 1.98. The molecular formula is C10H16N2. The Labute approximate surface area is 73.8 Å². The molecule has 0 fully saturated rings.